The number of methoxy groups -OCH3 is 1. The van der Waals surface area contributed by atoms with Crippen molar-refractivity contribution in [1.29, 1.82) is 0 Å². The molecule has 6 heteroatoms. The summed E-state index contributed by atoms with van der Waals surface area (Å²) in [6.07, 6.45) is 3.28. The number of aliphatic hydroxyl groups excluding tert-OH is 1. The lowest BCUT2D eigenvalue weighted by Crippen LogP contribution is -2.53. The van der Waals surface area contributed by atoms with Crippen LogP contribution in [0, 0.1) is 0 Å². The summed E-state index contributed by atoms with van der Waals surface area (Å²) in [4.78, 5) is 16.6. The molecule has 6 nitrogen and oxygen atoms in total. The van der Waals surface area contributed by atoms with E-state index in [1.165, 1.54) is 0 Å². The summed E-state index contributed by atoms with van der Waals surface area (Å²) in [7, 11) is 1.63. The van der Waals surface area contributed by atoms with Crippen LogP contribution in [0.3, 0.4) is 0 Å². The van der Waals surface area contributed by atoms with Gasteiger partial charge in [0.15, 0.2) is 0 Å². The van der Waals surface area contributed by atoms with Crippen LogP contribution in [0.1, 0.15) is 25.7 Å². The number of amides is 1. The van der Waals surface area contributed by atoms with E-state index in [9.17, 15) is 9.90 Å². The van der Waals surface area contributed by atoms with Gasteiger partial charge in [0, 0.05) is 32.2 Å². The molecule has 0 spiro atoms. The van der Waals surface area contributed by atoms with E-state index >= 15 is 0 Å². The summed E-state index contributed by atoms with van der Waals surface area (Å²) >= 11 is 0. The molecule has 1 aliphatic carbocycles. The van der Waals surface area contributed by atoms with E-state index < -0.39 is 0 Å². The summed E-state index contributed by atoms with van der Waals surface area (Å²) in [5, 5.41) is 10.0. The number of aliphatic hydroxyl groups is 1. The standard InChI is InChI=1S/C19H28N2O4/c1-24-15-5-7-16(8-6-15)25-14-9-19(23)21-12-10-20(11-13-21)17-3-2-4-18(17)22/h5-8,17-18,22H,2-4,9-14H2,1H3/t17-,18-/m1/s1. The molecule has 0 aromatic heterocycles. The Bertz CT molecular complexity index is 555. The van der Waals surface area contributed by atoms with Crippen molar-refractivity contribution in [1.82, 2.24) is 9.80 Å². The predicted molar refractivity (Wildman–Crippen MR) is 94.9 cm³/mol. The lowest BCUT2D eigenvalue weighted by atomic mass is 10.1. The highest BCUT2D eigenvalue weighted by Crippen LogP contribution is 2.25. The van der Waals surface area contributed by atoms with E-state index in [1.807, 2.05) is 29.2 Å². The number of rotatable bonds is 6. The van der Waals surface area contributed by atoms with Gasteiger partial charge in [-0.2, -0.15) is 0 Å². The van der Waals surface area contributed by atoms with Crippen molar-refractivity contribution in [2.75, 3.05) is 39.9 Å². The van der Waals surface area contributed by atoms with E-state index in [0.717, 1.165) is 56.9 Å². The first-order valence-electron chi connectivity index (χ1n) is 9.14. The van der Waals surface area contributed by atoms with Crippen LogP contribution in [0.2, 0.25) is 0 Å². The average Bonchev–Trinajstić information content (AvgIpc) is 3.08. The van der Waals surface area contributed by atoms with E-state index in [4.69, 9.17) is 9.47 Å². The van der Waals surface area contributed by atoms with Gasteiger partial charge >= 0.3 is 0 Å². The van der Waals surface area contributed by atoms with Gasteiger partial charge in [0.1, 0.15) is 11.5 Å². The van der Waals surface area contributed by atoms with Crippen molar-refractivity contribution in [2.45, 2.75) is 37.8 Å². The summed E-state index contributed by atoms with van der Waals surface area (Å²) in [5.74, 6) is 1.67. The fourth-order valence-corrected chi connectivity index (χ4v) is 3.74. The van der Waals surface area contributed by atoms with Gasteiger partial charge in [0.05, 0.1) is 26.2 Å². The molecular weight excluding hydrogens is 320 g/mol. The topological polar surface area (TPSA) is 62.2 Å². The molecule has 1 aliphatic heterocycles. The molecule has 0 radical (unpaired) electrons. The van der Waals surface area contributed by atoms with Gasteiger partial charge in [-0.1, -0.05) is 0 Å². The number of hydrogen-bond acceptors (Lipinski definition) is 5. The summed E-state index contributed by atoms with van der Waals surface area (Å²) in [6.45, 7) is 3.57. The maximum absolute atomic E-state index is 12.3. The minimum absolute atomic E-state index is 0.139. The van der Waals surface area contributed by atoms with Crippen LogP contribution in [-0.4, -0.2) is 72.9 Å². The van der Waals surface area contributed by atoms with Crippen LogP contribution in [0.25, 0.3) is 0 Å². The Kier molecular flexibility index (Phi) is 6.15. The number of benzene rings is 1. The highest BCUT2D eigenvalue weighted by atomic mass is 16.5. The van der Waals surface area contributed by atoms with Crippen molar-refractivity contribution in [3.05, 3.63) is 24.3 Å². The zero-order valence-corrected chi connectivity index (χ0v) is 14.9. The van der Waals surface area contributed by atoms with Gasteiger partial charge in [0.2, 0.25) is 5.91 Å². The first-order chi connectivity index (χ1) is 12.2. The zero-order chi connectivity index (χ0) is 17.6. The van der Waals surface area contributed by atoms with Gasteiger partial charge in [0.25, 0.3) is 0 Å². The Morgan fingerprint density at radius 1 is 1.12 bits per heavy atom. The normalized spacial score (nSPS) is 24.3. The zero-order valence-electron chi connectivity index (χ0n) is 14.9. The minimum Gasteiger partial charge on any atom is -0.497 e. The summed E-state index contributed by atoms with van der Waals surface area (Å²) in [6, 6.07) is 7.65. The third-order valence-electron chi connectivity index (χ3n) is 5.22. The molecule has 138 valence electrons. The third-order valence-corrected chi connectivity index (χ3v) is 5.22. The van der Waals surface area contributed by atoms with Gasteiger partial charge in [-0.25, -0.2) is 0 Å². The monoisotopic (exact) mass is 348 g/mol. The highest BCUT2D eigenvalue weighted by molar-refractivity contribution is 5.76. The second-order valence-corrected chi connectivity index (χ2v) is 6.76. The summed E-state index contributed by atoms with van der Waals surface area (Å²) in [5.41, 5.74) is 0. The second kappa shape index (κ2) is 8.54. The van der Waals surface area contributed by atoms with Gasteiger partial charge in [-0.15, -0.1) is 0 Å². The molecular formula is C19H28N2O4. The molecule has 1 saturated carbocycles. The quantitative estimate of drug-likeness (QED) is 0.845. The van der Waals surface area contributed by atoms with E-state index in [-0.39, 0.29) is 18.1 Å². The predicted octanol–water partition coefficient (Wildman–Crippen LogP) is 1.52. The highest BCUT2D eigenvalue weighted by Gasteiger charge is 2.33. The van der Waals surface area contributed by atoms with Crippen LogP contribution in [-0.2, 0) is 4.79 Å². The lowest BCUT2D eigenvalue weighted by Gasteiger charge is -2.39. The Labute approximate surface area is 149 Å². The molecule has 0 bridgehead atoms. The molecule has 2 atom stereocenters. The van der Waals surface area contributed by atoms with Crippen molar-refractivity contribution >= 4 is 5.91 Å². The largest absolute Gasteiger partial charge is 0.497 e. The van der Waals surface area contributed by atoms with E-state index in [1.54, 1.807) is 7.11 Å². The van der Waals surface area contributed by atoms with Crippen molar-refractivity contribution in [2.24, 2.45) is 0 Å². The molecule has 2 aliphatic rings. The van der Waals surface area contributed by atoms with Crippen LogP contribution in [0.5, 0.6) is 11.5 Å². The third kappa shape index (κ3) is 4.64. The molecule has 2 fully saturated rings. The fourth-order valence-electron chi connectivity index (χ4n) is 3.74. The number of carbonyl (C=O) groups is 1. The number of nitrogens with zero attached hydrogens (tertiary/aromatic N) is 2. The molecule has 1 amide bonds. The first kappa shape index (κ1) is 18.0. The number of carbonyl (C=O) groups excluding carboxylic acids is 1. The van der Waals surface area contributed by atoms with Gasteiger partial charge in [-0.05, 0) is 43.5 Å². The number of piperazine rings is 1. The van der Waals surface area contributed by atoms with Crippen LogP contribution < -0.4 is 9.47 Å². The molecule has 1 N–H and O–H groups in total. The SMILES string of the molecule is COc1ccc(OCCC(=O)N2CCN([C@@H]3CCC[C@H]3O)CC2)cc1. The van der Waals surface area contributed by atoms with E-state index in [2.05, 4.69) is 4.90 Å². The molecule has 3 rings (SSSR count). The molecule has 1 saturated heterocycles. The van der Waals surface area contributed by atoms with Crippen LogP contribution in [0.4, 0.5) is 0 Å². The Balaban J connectivity index is 1.37. The van der Waals surface area contributed by atoms with Crippen molar-refractivity contribution in [3.63, 3.8) is 0 Å². The minimum atomic E-state index is -0.194. The van der Waals surface area contributed by atoms with Gasteiger partial charge < -0.3 is 19.5 Å². The second-order valence-electron chi connectivity index (χ2n) is 6.76. The number of ether oxygens (including phenoxy) is 2. The Hall–Kier alpha value is -1.79. The van der Waals surface area contributed by atoms with Crippen molar-refractivity contribution < 1.29 is 19.4 Å². The molecule has 25 heavy (non-hydrogen) atoms. The smallest absolute Gasteiger partial charge is 0.226 e. The fraction of sp³-hybridized carbons (Fsp3) is 0.632. The Morgan fingerprint density at radius 3 is 2.40 bits per heavy atom. The van der Waals surface area contributed by atoms with Gasteiger partial charge in [-0.3, -0.25) is 9.69 Å². The maximum atomic E-state index is 12.3. The maximum Gasteiger partial charge on any atom is 0.226 e. The summed E-state index contributed by atoms with van der Waals surface area (Å²) < 4.78 is 10.7. The molecule has 1 heterocycles. The van der Waals surface area contributed by atoms with Crippen LogP contribution in [0.15, 0.2) is 24.3 Å². The lowest BCUT2D eigenvalue weighted by molar-refractivity contribution is -0.134. The number of hydrogen-bond donors (Lipinski definition) is 1. The molecule has 1 aromatic carbocycles. The van der Waals surface area contributed by atoms with Crippen molar-refractivity contribution in [3.8, 4) is 11.5 Å². The van der Waals surface area contributed by atoms with Crippen LogP contribution >= 0.6 is 0 Å². The Morgan fingerprint density at radius 2 is 1.80 bits per heavy atom. The first-order valence-corrected chi connectivity index (χ1v) is 9.14. The molecule has 0 unspecified atom stereocenters. The van der Waals surface area contributed by atoms with E-state index in [0.29, 0.717) is 13.0 Å². The average molecular weight is 348 g/mol. The molecule has 1 aromatic rings.